The van der Waals surface area contributed by atoms with Crippen LogP contribution in [-0.2, 0) is 4.79 Å². The Kier molecular flexibility index (Phi) is 14.1. The molecule has 1 rings (SSSR count). The van der Waals surface area contributed by atoms with E-state index in [9.17, 15) is 0 Å². The Morgan fingerprint density at radius 2 is 1.62 bits per heavy atom. The number of carboxylic acid groups (broad SMARTS) is 1. The molecule has 0 atom stereocenters. The summed E-state index contributed by atoms with van der Waals surface area (Å²) in [6, 6.07) is 1.78. The van der Waals surface area contributed by atoms with Crippen molar-refractivity contribution < 1.29 is 25.2 Å². The Balaban J connectivity index is 0. The van der Waals surface area contributed by atoms with Crippen LogP contribution >= 0.6 is 0 Å². The van der Waals surface area contributed by atoms with Gasteiger partial charge in [-0.15, -0.1) is 0 Å². The molecule has 0 aromatic carbocycles. The van der Waals surface area contributed by atoms with Gasteiger partial charge in [-0.05, 0) is 6.07 Å². The van der Waals surface area contributed by atoms with Crippen LogP contribution < -0.4 is 0 Å². The first-order valence-corrected chi connectivity index (χ1v) is 4.33. The third-order valence-electron chi connectivity index (χ3n) is 0.899. The fourth-order valence-electron chi connectivity index (χ4n) is 0.311. The summed E-state index contributed by atoms with van der Waals surface area (Å²) >= 11 is 0. The molecule has 7 nitrogen and oxygen atoms in total. The van der Waals surface area contributed by atoms with E-state index in [1.54, 1.807) is 18.5 Å². The standard InChI is InChI=1S/C4H4N2.C3H8O3.C2H4O2/c1-2-5-4-6-3-1;4-1-3(6)2-5;1-2(3)4/h1-4H;3-6H,1-2H2;1H3,(H,3,4). The van der Waals surface area contributed by atoms with Crippen molar-refractivity contribution in [3.05, 3.63) is 24.8 Å². The lowest BCUT2D eigenvalue weighted by molar-refractivity contribution is -0.134. The predicted octanol–water partition coefficient (Wildman–Crippen LogP) is -1.10. The highest BCUT2D eigenvalue weighted by atomic mass is 16.4. The molecule has 0 amide bonds. The van der Waals surface area contributed by atoms with Gasteiger partial charge in [-0.3, -0.25) is 4.79 Å². The first kappa shape index (κ1) is 16.8. The van der Waals surface area contributed by atoms with Gasteiger partial charge < -0.3 is 20.4 Å². The van der Waals surface area contributed by atoms with Gasteiger partial charge in [0.15, 0.2) is 0 Å². The smallest absolute Gasteiger partial charge is 0.300 e. The fourth-order valence-corrected chi connectivity index (χ4v) is 0.311. The SMILES string of the molecule is CC(=O)O.OCC(O)CO.c1cncnc1. The van der Waals surface area contributed by atoms with Gasteiger partial charge in [-0.2, -0.15) is 0 Å². The van der Waals surface area contributed by atoms with Gasteiger partial charge in [0.05, 0.1) is 13.2 Å². The Morgan fingerprint density at radius 1 is 1.25 bits per heavy atom. The number of rotatable bonds is 2. The van der Waals surface area contributed by atoms with E-state index >= 15 is 0 Å². The molecule has 1 aromatic heterocycles. The van der Waals surface area contributed by atoms with Gasteiger partial charge in [-0.25, -0.2) is 9.97 Å². The number of carbonyl (C=O) groups is 1. The van der Waals surface area contributed by atoms with Crippen LogP contribution in [0.25, 0.3) is 0 Å². The summed E-state index contributed by atoms with van der Waals surface area (Å²) in [5.74, 6) is -0.833. The fraction of sp³-hybridized carbons (Fsp3) is 0.444. The van der Waals surface area contributed by atoms with Crippen LogP contribution in [0.15, 0.2) is 24.8 Å². The van der Waals surface area contributed by atoms with Crippen molar-refractivity contribution in [2.24, 2.45) is 0 Å². The molecule has 16 heavy (non-hydrogen) atoms. The van der Waals surface area contributed by atoms with Crippen molar-refractivity contribution in [1.29, 1.82) is 0 Å². The normalized spacial score (nSPS) is 8.31. The number of aliphatic hydroxyl groups is 3. The molecule has 0 radical (unpaired) electrons. The molecule has 0 aliphatic heterocycles. The Morgan fingerprint density at radius 3 is 1.69 bits per heavy atom. The number of nitrogens with zero attached hydrogens (tertiary/aromatic N) is 2. The maximum atomic E-state index is 9.00. The van der Waals surface area contributed by atoms with Crippen molar-refractivity contribution in [3.8, 4) is 0 Å². The molecular weight excluding hydrogens is 216 g/mol. The highest BCUT2D eigenvalue weighted by Crippen LogP contribution is 1.71. The number of hydrogen-bond acceptors (Lipinski definition) is 6. The molecule has 0 aliphatic carbocycles. The van der Waals surface area contributed by atoms with Crippen molar-refractivity contribution in [2.45, 2.75) is 13.0 Å². The minimum Gasteiger partial charge on any atom is -0.481 e. The summed E-state index contributed by atoms with van der Waals surface area (Å²) in [6.07, 6.45) is 3.92. The van der Waals surface area contributed by atoms with Crippen LogP contribution in [0.1, 0.15) is 6.92 Å². The lowest BCUT2D eigenvalue weighted by Crippen LogP contribution is -2.15. The summed E-state index contributed by atoms with van der Waals surface area (Å²) < 4.78 is 0. The molecule has 1 heterocycles. The second-order valence-electron chi connectivity index (χ2n) is 2.44. The number of aliphatic carboxylic acids is 1. The van der Waals surface area contributed by atoms with Crippen LogP contribution in [0.4, 0.5) is 0 Å². The van der Waals surface area contributed by atoms with Gasteiger partial charge in [0.25, 0.3) is 5.97 Å². The number of hydrogen-bond donors (Lipinski definition) is 4. The summed E-state index contributed by atoms with van der Waals surface area (Å²) in [6.45, 7) is 0.354. The van der Waals surface area contributed by atoms with Crippen LogP contribution in [0.2, 0.25) is 0 Å². The zero-order valence-corrected chi connectivity index (χ0v) is 8.89. The van der Waals surface area contributed by atoms with Crippen molar-refractivity contribution in [1.82, 2.24) is 9.97 Å². The second kappa shape index (κ2) is 13.4. The molecular formula is C9H16N2O5. The average Bonchev–Trinajstić information content (AvgIpc) is 2.30. The monoisotopic (exact) mass is 232 g/mol. The summed E-state index contributed by atoms with van der Waals surface area (Å²) in [7, 11) is 0. The van der Waals surface area contributed by atoms with E-state index in [0.29, 0.717) is 0 Å². The van der Waals surface area contributed by atoms with E-state index in [0.717, 1.165) is 6.92 Å². The van der Waals surface area contributed by atoms with Gasteiger partial charge in [0.1, 0.15) is 12.4 Å². The summed E-state index contributed by atoms with van der Waals surface area (Å²) in [4.78, 5) is 16.3. The summed E-state index contributed by atoms with van der Waals surface area (Å²) in [5, 5.41) is 31.4. The third-order valence-corrected chi connectivity index (χ3v) is 0.899. The van der Waals surface area contributed by atoms with Crippen LogP contribution in [0, 0.1) is 0 Å². The zero-order chi connectivity index (χ0) is 12.8. The minimum absolute atomic E-state index is 0.365. The lowest BCUT2D eigenvalue weighted by Gasteiger charge is -1.96. The Bertz CT molecular complexity index is 210. The number of aromatic nitrogens is 2. The van der Waals surface area contributed by atoms with E-state index in [2.05, 4.69) is 9.97 Å². The van der Waals surface area contributed by atoms with Crippen LogP contribution in [0.5, 0.6) is 0 Å². The molecule has 0 bridgehead atoms. The number of aliphatic hydroxyl groups excluding tert-OH is 3. The lowest BCUT2D eigenvalue weighted by atomic mass is 10.4. The van der Waals surface area contributed by atoms with E-state index in [1.165, 1.54) is 6.33 Å². The number of carboxylic acids is 1. The van der Waals surface area contributed by atoms with Gasteiger partial charge in [0, 0.05) is 19.3 Å². The third kappa shape index (κ3) is 22.9. The highest BCUT2D eigenvalue weighted by molar-refractivity contribution is 5.62. The Hall–Kier alpha value is -1.57. The van der Waals surface area contributed by atoms with Crippen LogP contribution in [-0.4, -0.2) is 55.7 Å². The molecule has 0 aliphatic rings. The van der Waals surface area contributed by atoms with Crippen molar-refractivity contribution in [3.63, 3.8) is 0 Å². The molecule has 0 saturated heterocycles. The first-order chi connectivity index (χ1) is 7.54. The zero-order valence-electron chi connectivity index (χ0n) is 8.89. The minimum atomic E-state index is -0.954. The maximum absolute atomic E-state index is 9.00. The van der Waals surface area contributed by atoms with E-state index in [4.69, 9.17) is 25.2 Å². The van der Waals surface area contributed by atoms with Gasteiger partial charge in [0.2, 0.25) is 0 Å². The first-order valence-electron chi connectivity index (χ1n) is 4.33. The molecule has 92 valence electrons. The van der Waals surface area contributed by atoms with E-state index < -0.39 is 12.1 Å². The quantitative estimate of drug-likeness (QED) is 0.510. The second-order valence-corrected chi connectivity index (χ2v) is 2.44. The molecule has 0 saturated carbocycles. The topological polar surface area (TPSA) is 124 Å². The molecule has 7 heteroatoms. The maximum Gasteiger partial charge on any atom is 0.300 e. The van der Waals surface area contributed by atoms with Crippen molar-refractivity contribution in [2.75, 3.05) is 13.2 Å². The highest BCUT2D eigenvalue weighted by Gasteiger charge is 1.93. The average molecular weight is 232 g/mol. The largest absolute Gasteiger partial charge is 0.481 e. The van der Waals surface area contributed by atoms with Gasteiger partial charge in [-0.1, -0.05) is 0 Å². The molecule has 4 N–H and O–H groups in total. The van der Waals surface area contributed by atoms with E-state index in [1.807, 2.05) is 0 Å². The van der Waals surface area contributed by atoms with Crippen LogP contribution in [0.3, 0.4) is 0 Å². The van der Waals surface area contributed by atoms with E-state index in [-0.39, 0.29) is 13.2 Å². The predicted molar refractivity (Wildman–Crippen MR) is 55.5 cm³/mol. The summed E-state index contributed by atoms with van der Waals surface area (Å²) in [5.41, 5.74) is 0. The molecule has 1 aromatic rings. The van der Waals surface area contributed by atoms with Gasteiger partial charge >= 0.3 is 0 Å². The Labute approximate surface area is 93.0 Å². The van der Waals surface area contributed by atoms with Crippen molar-refractivity contribution >= 4 is 5.97 Å². The molecule has 0 spiro atoms. The molecule has 0 fully saturated rings. The molecule has 0 unspecified atom stereocenters.